The molecule has 170 valence electrons. The summed E-state index contributed by atoms with van der Waals surface area (Å²) in [5, 5.41) is 5.20. The van der Waals surface area contributed by atoms with Crippen LogP contribution in [0.2, 0.25) is 0 Å². The number of piperazine rings is 1. The lowest BCUT2D eigenvalue weighted by atomic mass is 9.88. The third-order valence-electron chi connectivity index (χ3n) is 5.96. The summed E-state index contributed by atoms with van der Waals surface area (Å²) in [7, 11) is 0. The summed E-state index contributed by atoms with van der Waals surface area (Å²) in [6.45, 7) is 3.92. The highest BCUT2D eigenvalue weighted by atomic mass is 32.1. The first kappa shape index (κ1) is 21.9. The number of carbonyl (C=O) groups is 3. The van der Waals surface area contributed by atoms with Crippen molar-refractivity contribution in [3.05, 3.63) is 63.1 Å². The number of nitrogens with zero attached hydrogens (tertiary/aromatic N) is 4. The quantitative estimate of drug-likeness (QED) is 0.602. The highest BCUT2D eigenvalue weighted by molar-refractivity contribution is 7.17. The molecule has 0 bridgehead atoms. The minimum Gasteiger partial charge on any atom is -0.340 e. The number of fused-ring (bicyclic) bond motifs is 1. The van der Waals surface area contributed by atoms with Gasteiger partial charge in [0.05, 0.1) is 22.1 Å². The molecule has 8 nitrogen and oxygen atoms in total. The molecule has 2 aliphatic rings. The van der Waals surface area contributed by atoms with E-state index in [0.29, 0.717) is 40.8 Å². The second-order valence-corrected chi connectivity index (χ2v) is 10.2. The normalized spacial score (nSPS) is 18.7. The van der Waals surface area contributed by atoms with Crippen LogP contribution < -0.4 is 5.32 Å². The SMILES string of the molecule is O=C(Nc1nc2c(s1)C(=O)C[C@@H](C(=O)N1CCN(Cc3cccs3)CC1)C2)c1cccnc1. The number of anilines is 1. The molecule has 3 aromatic heterocycles. The first-order valence-corrected chi connectivity index (χ1v) is 12.5. The average Bonchev–Trinajstić information content (AvgIpc) is 3.49. The van der Waals surface area contributed by atoms with Gasteiger partial charge in [-0.1, -0.05) is 17.4 Å². The van der Waals surface area contributed by atoms with Gasteiger partial charge in [0.25, 0.3) is 5.91 Å². The van der Waals surface area contributed by atoms with E-state index in [1.165, 1.54) is 22.4 Å². The van der Waals surface area contributed by atoms with E-state index in [1.54, 1.807) is 29.7 Å². The Kier molecular flexibility index (Phi) is 6.30. The van der Waals surface area contributed by atoms with Crippen molar-refractivity contribution < 1.29 is 14.4 Å². The summed E-state index contributed by atoms with van der Waals surface area (Å²) in [6.07, 6.45) is 3.69. The molecule has 1 aliphatic heterocycles. The molecule has 4 heterocycles. The summed E-state index contributed by atoms with van der Waals surface area (Å²) in [5.41, 5.74) is 1.02. The second kappa shape index (κ2) is 9.50. The van der Waals surface area contributed by atoms with Gasteiger partial charge >= 0.3 is 0 Å². The van der Waals surface area contributed by atoms with Crippen molar-refractivity contribution >= 4 is 45.4 Å². The third kappa shape index (κ3) is 4.87. The Morgan fingerprint density at radius 2 is 1.97 bits per heavy atom. The van der Waals surface area contributed by atoms with E-state index in [-0.39, 0.29) is 24.0 Å². The Morgan fingerprint density at radius 3 is 2.70 bits per heavy atom. The number of pyridine rings is 1. The zero-order valence-electron chi connectivity index (χ0n) is 17.9. The molecule has 1 fully saturated rings. The van der Waals surface area contributed by atoms with Crippen molar-refractivity contribution in [1.82, 2.24) is 19.8 Å². The van der Waals surface area contributed by atoms with Gasteiger partial charge < -0.3 is 4.90 Å². The molecule has 10 heteroatoms. The van der Waals surface area contributed by atoms with E-state index in [9.17, 15) is 14.4 Å². The fourth-order valence-corrected chi connectivity index (χ4v) is 5.91. The van der Waals surface area contributed by atoms with E-state index in [2.05, 4.69) is 37.7 Å². The van der Waals surface area contributed by atoms with Gasteiger partial charge in [-0.2, -0.15) is 0 Å². The standard InChI is InChI=1S/C23H23N5O3S2/c29-19-12-16(22(31)28-8-6-27(7-9-28)14-17-4-2-10-32-17)11-18-20(19)33-23(25-18)26-21(30)15-3-1-5-24-13-15/h1-5,10,13,16H,6-9,11-12,14H2,(H,25,26,30)/t16-/m0/s1. The summed E-state index contributed by atoms with van der Waals surface area (Å²) >= 11 is 2.92. The van der Waals surface area contributed by atoms with E-state index in [0.717, 1.165) is 19.6 Å². The Morgan fingerprint density at radius 1 is 1.12 bits per heavy atom. The van der Waals surface area contributed by atoms with E-state index < -0.39 is 5.92 Å². The zero-order chi connectivity index (χ0) is 22.8. The van der Waals surface area contributed by atoms with Crippen LogP contribution in [0.3, 0.4) is 0 Å². The number of rotatable bonds is 5. The number of Topliss-reactive ketones (excluding diaryl/α,β-unsaturated/α-hetero) is 1. The fourth-order valence-electron chi connectivity index (χ4n) is 4.23. The zero-order valence-corrected chi connectivity index (χ0v) is 19.5. The summed E-state index contributed by atoms with van der Waals surface area (Å²) in [4.78, 5) is 52.8. The van der Waals surface area contributed by atoms with Gasteiger partial charge in [0.2, 0.25) is 5.91 Å². The van der Waals surface area contributed by atoms with Crippen LogP contribution >= 0.6 is 22.7 Å². The fraction of sp³-hybridized carbons (Fsp3) is 0.348. The molecular formula is C23H23N5O3S2. The van der Waals surface area contributed by atoms with Crippen molar-refractivity contribution in [2.75, 3.05) is 31.5 Å². The van der Waals surface area contributed by atoms with Crippen LogP contribution in [0.5, 0.6) is 0 Å². The number of ketones is 1. The average molecular weight is 482 g/mol. The predicted octanol–water partition coefficient (Wildman–Crippen LogP) is 2.94. The van der Waals surface area contributed by atoms with Gasteiger partial charge in [0.15, 0.2) is 10.9 Å². The van der Waals surface area contributed by atoms with Crippen molar-refractivity contribution in [3.8, 4) is 0 Å². The lowest BCUT2D eigenvalue weighted by Gasteiger charge is -2.36. The summed E-state index contributed by atoms with van der Waals surface area (Å²) in [6, 6.07) is 7.54. The molecule has 3 aromatic rings. The van der Waals surface area contributed by atoms with Crippen LogP contribution in [-0.2, 0) is 17.8 Å². The molecular weight excluding hydrogens is 458 g/mol. The predicted molar refractivity (Wildman–Crippen MR) is 127 cm³/mol. The van der Waals surface area contributed by atoms with Gasteiger partial charge in [-0.25, -0.2) is 4.98 Å². The molecule has 2 amide bonds. The van der Waals surface area contributed by atoms with E-state index >= 15 is 0 Å². The number of amides is 2. The highest BCUT2D eigenvalue weighted by Gasteiger charge is 2.36. The van der Waals surface area contributed by atoms with Crippen LogP contribution in [0.1, 0.15) is 37.0 Å². The van der Waals surface area contributed by atoms with Crippen molar-refractivity contribution in [2.24, 2.45) is 5.92 Å². The Balaban J connectivity index is 1.20. The van der Waals surface area contributed by atoms with Crippen molar-refractivity contribution in [1.29, 1.82) is 0 Å². The minimum absolute atomic E-state index is 0.0266. The van der Waals surface area contributed by atoms with Gasteiger partial charge in [-0.15, -0.1) is 11.3 Å². The number of nitrogens with one attached hydrogen (secondary N) is 1. The molecule has 1 atom stereocenters. The number of aromatic nitrogens is 2. The Labute approximate surface area is 199 Å². The van der Waals surface area contributed by atoms with Gasteiger partial charge in [0, 0.05) is 62.8 Å². The van der Waals surface area contributed by atoms with Crippen molar-refractivity contribution in [2.45, 2.75) is 19.4 Å². The smallest absolute Gasteiger partial charge is 0.259 e. The molecule has 0 aromatic carbocycles. The molecule has 1 aliphatic carbocycles. The van der Waals surface area contributed by atoms with Crippen LogP contribution in [0.4, 0.5) is 5.13 Å². The number of hydrogen-bond donors (Lipinski definition) is 1. The van der Waals surface area contributed by atoms with Crippen LogP contribution in [0, 0.1) is 5.92 Å². The minimum atomic E-state index is -0.391. The Bertz CT molecular complexity index is 1150. The van der Waals surface area contributed by atoms with Crippen molar-refractivity contribution in [3.63, 3.8) is 0 Å². The molecule has 1 N–H and O–H groups in total. The number of carbonyl (C=O) groups excluding carboxylic acids is 3. The Hall–Kier alpha value is -2.95. The molecule has 1 saturated heterocycles. The molecule has 0 saturated carbocycles. The van der Waals surface area contributed by atoms with Crippen LogP contribution in [0.25, 0.3) is 0 Å². The first-order valence-electron chi connectivity index (χ1n) is 10.8. The lowest BCUT2D eigenvalue weighted by Crippen LogP contribution is -2.50. The molecule has 5 rings (SSSR count). The second-order valence-electron chi connectivity index (χ2n) is 8.20. The maximum absolute atomic E-state index is 13.2. The third-order valence-corrected chi connectivity index (χ3v) is 7.87. The maximum Gasteiger partial charge on any atom is 0.259 e. The summed E-state index contributed by atoms with van der Waals surface area (Å²) < 4.78 is 0. The summed E-state index contributed by atoms with van der Waals surface area (Å²) in [5.74, 6) is -0.767. The number of hydrogen-bond acceptors (Lipinski definition) is 8. The first-order chi connectivity index (χ1) is 16.1. The lowest BCUT2D eigenvalue weighted by molar-refractivity contribution is -0.137. The number of thiophene rings is 1. The number of thiazole rings is 1. The van der Waals surface area contributed by atoms with Crippen LogP contribution in [-0.4, -0.2) is 63.5 Å². The molecule has 33 heavy (non-hydrogen) atoms. The topological polar surface area (TPSA) is 95.5 Å². The monoisotopic (exact) mass is 481 g/mol. The van der Waals surface area contributed by atoms with Gasteiger partial charge in [0.1, 0.15) is 0 Å². The highest BCUT2D eigenvalue weighted by Crippen LogP contribution is 2.33. The molecule has 0 unspecified atom stereocenters. The van der Waals surface area contributed by atoms with Crippen LogP contribution in [0.15, 0.2) is 42.0 Å². The maximum atomic E-state index is 13.2. The van der Waals surface area contributed by atoms with E-state index in [4.69, 9.17) is 0 Å². The molecule has 0 radical (unpaired) electrons. The molecule has 0 spiro atoms. The van der Waals surface area contributed by atoms with Gasteiger partial charge in [-0.3, -0.25) is 29.6 Å². The largest absolute Gasteiger partial charge is 0.340 e. The van der Waals surface area contributed by atoms with Gasteiger partial charge in [-0.05, 0) is 23.6 Å². The van der Waals surface area contributed by atoms with E-state index in [1.807, 2.05) is 4.90 Å².